The molecule has 62 valence electrons. The van der Waals surface area contributed by atoms with Crippen molar-refractivity contribution < 1.29 is 0 Å². The van der Waals surface area contributed by atoms with Crippen LogP contribution in [0.2, 0.25) is 0 Å². The molecule has 2 N–H and O–H groups in total. The van der Waals surface area contributed by atoms with Gasteiger partial charge in [0.15, 0.2) is 0 Å². The minimum absolute atomic E-state index is 0.539. The summed E-state index contributed by atoms with van der Waals surface area (Å²) in [4.78, 5) is 4.21. The van der Waals surface area contributed by atoms with Crippen LogP contribution in [0.5, 0.6) is 0 Å². The van der Waals surface area contributed by atoms with Gasteiger partial charge in [-0.3, -0.25) is 0 Å². The van der Waals surface area contributed by atoms with E-state index in [9.17, 15) is 0 Å². The number of nitrogens with zero attached hydrogens (tertiary/aromatic N) is 2. The van der Waals surface area contributed by atoms with Crippen LogP contribution in [0.1, 0.15) is 0 Å². The van der Waals surface area contributed by atoms with E-state index in [1.165, 1.54) is 0 Å². The lowest BCUT2D eigenvalue weighted by molar-refractivity contribution is 0.965. The van der Waals surface area contributed by atoms with Crippen molar-refractivity contribution in [2.45, 2.75) is 0 Å². The third-order valence-corrected chi connectivity index (χ3v) is 2.54. The van der Waals surface area contributed by atoms with Crippen LogP contribution < -0.4 is 5.73 Å². The summed E-state index contributed by atoms with van der Waals surface area (Å²) < 4.78 is 2.84. The molecule has 0 bridgehead atoms. The molecule has 0 aliphatic carbocycles. The Hall–Kier alpha value is -1.03. The number of aryl methyl sites for hydroxylation is 1. The van der Waals surface area contributed by atoms with Gasteiger partial charge in [0.25, 0.3) is 0 Å². The third kappa shape index (κ3) is 0.914. The molecule has 0 radical (unpaired) electrons. The highest BCUT2D eigenvalue weighted by Gasteiger charge is 2.05. The molecule has 0 aliphatic heterocycles. The van der Waals surface area contributed by atoms with E-state index in [0.29, 0.717) is 5.95 Å². The molecule has 0 aliphatic rings. The van der Waals surface area contributed by atoms with Crippen molar-refractivity contribution in [3.63, 3.8) is 0 Å². The minimum atomic E-state index is 0.539. The van der Waals surface area contributed by atoms with E-state index in [1.807, 2.05) is 29.8 Å². The van der Waals surface area contributed by atoms with Gasteiger partial charge in [-0.15, -0.1) is 0 Å². The van der Waals surface area contributed by atoms with Gasteiger partial charge in [-0.2, -0.15) is 0 Å². The Morgan fingerprint density at radius 3 is 2.92 bits per heavy atom. The van der Waals surface area contributed by atoms with Gasteiger partial charge < -0.3 is 10.3 Å². The van der Waals surface area contributed by atoms with E-state index in [2.05, 4.69) is 20.9 Å². The van der Waals surface area contributed by atoms with Gasteiger partial charge in [0, 0.05) is 11.5 Å². The van der Waals surface area contributed by atoms with Crippen LogP contribution in [0.4, 0.5) is 5.95 Å². The second kappa shape index (κ2) is 2.48. The predicted octanol–water partition coefficient (Wildman–Crippen LogP) is 1.92. The smallest absolute Gasteiger partial charge is 0.200 e. The topological polar surface area (TPSA) is 43.8 Å². The van der Waals surface area contributed by atoms with E-state index >= 15 is 0 Å². The highest BCUT2D eigenvalue weighted by Crippen LogP contribution is 2.23. The predicted molar refractivity (Wildman–Crippen MR) is 52.8 cm³/mol. The Morgan fingerprint density at radius 1 is 1.50 bits per heavy atom. The number of benzene rings is 1. The van der Waals surface area contributed by atoms with E-state index in [-0.39, 0.29) is 0 Å². The molecule has 0 fully saturated rings. The summed E-state index contributed by atoms with van der Waals surface area (Å²) in [6.45, 7) is 0. The summed E-state index contributed by atoms with van der Waals surface area (Å²) in [6.07, 6.45) is 0. The van der Waals surface area contributed by atoms with Gasteiger partial charge in [0.2, 0.25) is 5.95 Å². The number of hydrogen-bond acceptors (Lipinski definition) is 2. The number of aromatic nitrogens is 2. The lowest BCUT2D eigenvalue weighted by atomic mass is 10.3. The number of nitrogen functional groups attached to an aromatic ring is 1. The summed E-state index contributed by atoms with van der Waals surface area (Å²) in [5, 5.41) is 0. The van der Waals surface area contributed by atoms with Crippen LogP contribution in [0.3, 0.4) is 0 Å². The second-order valence-electron chi connectivity index (χ2n) is 2.64. The third-order valence-electron chi connectivity index (χ3n) is 1.90. The first-order valence-electron chi connectivity index (χ1n) is 3.56. The van der Waals surface area contributed by atoms with E-state index < -0.39 is 0 Å². The summed E-state index contributed by atoms with van der Waals surface area (Å²) >= 11 is 3.41. The van der Waals surface area contributed by atoms with Gasteiger partial charge in [0.05, 0.1) is 5.52 Å². The lowest BCUT2D eigenvalue weighted by Gasteiger charge is -1.95. The maximum atomic E-state index is 5.65. The van der Waals surface area contributed by atoms with Crippen LogP contribution >= 0.6 is 15.9 Å². The molecule has 2 aromatic rings. The zero-order chi connectivity index (χ0) is 8.72. The Balaban J connectivity index is 2.95. The molecular formula is C8H8BrN3. The summed E-state index contributed by atoms with van der Waals surface area (Å²) in [7, 11) is 1.90. The van der Waals surface area contributed by atoms with Gasteiger partial charge in [-0.25, -0.2) is 4.98 Å². The van der Waals surface area contributed by atoms with Crippen molar-refractivity contribution in [2.75, 3.05) is 5.73 Å². The fraction of sp³-hybridized carbons (Fsp3) is 0.125. The Kier molecular flexibility index (Phi) is 1.58. The SMILES string of the molecule is Cn1c(N)nc2c(Br)cccc21. The lowest BCUT2D eigenvalue weighted by Crippen LogP contribution is -1.95. The van der Waals surface area contributed by atoms with Crippen molar-refractivity contribution in [1.82, 2.24) is 9.55 Å². The number of rotatable bonds is 0. The van der Waals surface area contributed by atoms with Gasteiger partial charge >= 0.3 is 0 Å². The molecule has 1 aromatic heterocycles. The average Bonchev–Trinajstić information content (AvgIpc) is 2.32. The van der Waals surface area contributed by atoms with Crippen molar-refractivity contribution in [3.8, 4) is 0 Å². The van der Waals surface area contributed by atoms with Crippen molar-refractivity contribution >= 4 is 32.9 Å². The number of nitrogens with two attached hydrogens (primary N) is 1. The van der Waals surface area contributed by atoms with Crippen LogP contribution in [-0.2, 0) is 7.05 Å². The maximum absolute atomic E-state index is 5.65. The molecule has 1 heterocycles. The Labute approximate surface area is 78.3 Å². The number of anilines is 1. The molecule has 4 heteroatoms. The van der Waals surface area contributed by atoms with Gasteiger partial charge in [-0.05, 0) is 28.1 Å². The molecule has 3 nitrogen and oxygen atoms in total. The first-order valence-corrected chi connectivity index (χ1v) is 4.36. The summed E-state index contributed by atoms with van der Waals surface area (Å²) in [5.74, 6) is 0.539. The van der Waals surface area contributed by atoms with Crippen LogP contribution in [0, 0.1) is 0 Å². The summed E-state index contributed by atoms with van der Waals surface area (Å²) in [6, 6.07) is 5.91. The van der Waals surface area contributed by atoms with Crippen molar-refractivity contribution in [2.24, 2.45) is 7.05 Å². The molecule has 0 saturated carbocycles. The number of para-hydroxylation sites is 1. The molecular weight excluding hydrogens is 218 g/mol. The van der Waals surface area contributed by atoms with E-state index in [1.54, 1.807) is 0 Å². The first-order chi connectivity index (χ1) is 5.70. The fourth-order valence-electron chi connectivity index (χ4n) is 1.20. The van der Waals surface area contributed by atoms with Gasteiger partial charge in [-0.1, -0.05) is 6.07 Å². The highest BCUT2D eigenvalue weighted by molar-refractivity contribution is 9.10. The molecule has 0 amide bonds. The molecule has 0 atom stereocenters. The molecule has 0 unspecified atom stereocenters. The zero-order valence-electron chi connectivity index (χ0n) is 6.58. The van der Waals surface area contributed by atoms with Crippen molar-refractivity contribution in [3.05, 3.63) is 22.7 Å². The highest BCUT2D eigenvalue weighted by atomic mass is 79.9. The molecule has 2 rings (SSSR count). The maximum Gasteiger partial charge on any atom is 0.200 e. The largest absolute Gasteiger partial charge is 0.369 e. The average molecular weight is 226 g/mol. The van der Waals surface area contributed by atoms with Crippen LogP contribution in [0.15, 0.2) is 22.7 Å². The van der Waals surface area contributed by atoms with E-state index in [4.69, 9.17) is 5.73 Å². The standard InChI is InChI=1S/C8H8BrN3/c1-12-6-4-2-3-5(9)7(6)11-8(12)10/h2-4H,1H3,(H2,10,11). The monoisotopic (exact) mass is 225 g/mol. The van der Waals surface area contributed by atoms with Crippen LogP contribution in [-0.4, -0.2) is 9.55 Å². The summed E-state index contributed by atoms with van der Waals surface area (Å²) in [5.41, 5.74) is 7.61. The molecule has 0 spiro atoms. The minimum Gasteiger partial charge on any atom is -0.369 e. The number of imidazole rings is 1. The number of fused-ring (bicyclic) bond motifs is 1. The zero-order valence-corrected chi connectivity index (χ0v) is 8.17. The van der Waals surface area contributed by atoms with Crippen LogP contribution in [0.25, 0.3) is 11.0 Å². The number of halogens is 1. The Bertz CT molecular complexity index is 433. The normalized spacial score (nSPS) is 10.8. The second-order valence-corrected chi connectivity index (χ2v) is 3.49. The van der Waals surface area contributed by atoms with Gasteiger partial charge in [0.1, 0.15) is 5.52 Å². The van der Waals surface area contributed by atoms with Crippen molar-refractivity contribution in [1.29, 1.82) is 0 Å². The molecule has 12 heavy (non-hydrogen) atoms. The Morgan fingerprint density at radius 2 is 2.25 bits per heavy atom. The first kappa shape index (κ1) is 7.61. The fourth-order valence-corrected chi connectivity index (χ4v) is 1.64. The molecule has 1 aromatic carbocycles. The van der Waals surface area contributed by atoms with E-state index in [0.717, 1.165) is 15.5 Å². The quantitative estimate of drug-likeness (QED) is 0.745. The number of hydrogen-bond donors (Lipinski definition) is 1. The molecule has 0 saturated heterocycles.